The zero-order chi connectivity index (χ0) is 15.0. The lowest BCUT2D eigenvalue weighted by Crippen LogP contribution is -2.36. The van der Waals surface area contributed by atoms with E-state index >= 15 is 0 Å². The zero-order valence-corrected chi connectivity index (χ0v) is 12.9. The van der Waals surface area contributed by atoms with E-state index < -0.39 is 25.1 Å². The Labute approximate surface area is 119 Å². The average molecular weight is 319 g/mol. The first kappa shape index (κ1) is 15.1. The minimum Gasteiger partial charge on any atom is -0.497 e. The molecule has 8 heteroatoms. The quantitative estimate of drug-likeness (QED) is 0.814. The van der Waals surface area contributed by atoms with Crippen LogP contribution in [0.4, 0.5) is 5.69 Å². The zero-order valence-electron chi connectivity index (χ0n) is 11.3. The first-order chi connectivity index (χ1) is 9.26. The Hall–Kier alpha value is -1.28. The summed E-state index contributed by atoms with van der Waals surface area (Å²) >= 11 is 0. The van der Waals surface area contributed by atoms with Gasteiger partial charge in [-0.1, -0.05) is 0 Å². The minimum absolute atomic E-state index is 0.0622. The molecule has 0 bridgehead atoms. The molecule has 0 aliphatic carbocycles. The van der Waals surface area contributed by atoms with Crippen LogP contribution < -0.4 is 9.04 Å². The number of anilines is 1. The van der Waals surface area contributed by atoms with Crippen LogP contribution in [-0.4, -0.2) is 47.7 Å². The van der Waals surface area contributed by atoms with Crippen molar-refractivity contribution in [1.82, 2.24) is 0 Å². The van der Waals surface area contributed by atoms with Crippen molar-refractivity contribution in [2.45, 2.75) is 11.7 Å². The van der Waals surface area contributed by atoms with Gasteiger partial charge >= 0.3 is 0 Å². The van der Waals surface area contributed by atoms with Gasteiger partial charge in [0.15, 0.2) is 9.84 Å². The fraction of sp³-hybridized carbons (Fsp3) is 0.500. The molecular weight excluding hydrogens is 302 g/mol. The van der Waals surface area contributed by atoms with Gasteiger partial charge in [0.05, 0.1) is 29.6 Å². The van der Waals surface area contributed by atoms with Crippen molar-refractivity contribution in [3.8, 4) is 5.75 Å². The minimum atomic E-state index is -3.67. The van der Waals surface area contributed by atoms with Gasteiger partial charge in [-0.25, -0.2) is 16.8 Å². The van der Waals surface area contributed by atoms with Crippen LogP contribution in [0.25, 0.3) is 0 Å². The maximum atomic E-state index is 12.4. The molecule has 0 amide bonds. The monoisotopic (exact) mass is 319 g/mol. The molecule has 0 N–H and O–H groups in total. The van der Waals surface area contributed by atoms with Gasteiger partial charge in [-0.2, -0.15) is 0 Å². The predicted molar refractivity (Wildman–Crippen MR) is 77.4 cm³/mol. The van der Waals surface area contributed by atoms with Gasteiger partial charge in [0.2, 0.25) is 10.0 Å². The summed E-state index contributed by atoms with van der Waals surface area (Å²) in [6.07, 6.45) is 0.158. The third-order valence-corrected chi connectivity index (χ3v) is 7.63. The first-order valence-electron chi connectivity index (χ1n) is 6.08. The highest BCUT2D eigenvalue weighted by atomic mass is 32.2. The van der Waals surface area contributed by atoms with Gasteiger partial charge in [-0.15, -0.1) is 0 Å². The van der Waals surface area contributed by atoms with Crippen LogP contribution in [0.2, 0.25) is 0 Å². The van der Waals surface area contributed by atoms with Crippen molar-refractivity contribution in [1.29, 1.82) is 0 Å². The lowest BCUT2D eigenvalue weighted by Gasteiger charge is -2.23. The molecule has 0 spiro atoms. The Kier molecular flexibility index (Phi) is 3.97. The van der Waals surface area contributed by atoms with Crippen LogP contribution in [0.3, 0.4) is 0 Å². The molecule has 1 aliphatic rings. The molecule has 1 aromatic rings. The van der Waals surface area contributed by atoms with Gasteiger partial charge < -0.3 is 4.74 Å². The summed E-state index contributed by atoms with van der Waals surface area (Å²) in [7, 11) is -3.94. The summed E-state index contributed by atoms with van der Waals surface area (Å²) in [5, 5.41) is -0.861. The Balaban J connectivity index is 2.24. The number of nitrogens with zero attached hydrogens (tertiary/aromatic N) is 1. The largest absolute Gasteiger partial charge is 0.497 e. The molecule has 0 radical (unpaired) electrons. The van der Waals surface area contributed by atoms with Gasteiger partial charge in [0, 0.05) is 7.05 Å². The van der Waals surface area contributed by atoms with Crippen LogP contribution in [0.1, 0.15) is 6.42 Å². The number of sulfone groups is 1. The molecule has 1 aromatic carbocycles. The van der Waals surface area contributed by atoms with Crippen LogP contribution in [0.5, 0.6) is 5.75 Å². The highest BCUT2D eigenvalue weighted by molar-refractivity contribution is 7.97. The third-order valence-electron chi connectivity index (χ3n) is 3.43. The highest BCUT2D eigenvalue weighted by Gasteiger charge is 2.39. The van der Waals surface area contributed by atoms with Crippen molar-refractivity contribution < 1.29 is 21.6 Å². The lowest BCUT2D eigenvalue weighted by atomic mass is 10.3. The predicted octanol–water partition coefficient (Wildman–Crippen LogP) is 0.648. The van der Waals surface area contributed by atoms with Crippen LogP contribution >= 0.6 is 0 Å². The highest BCUT2D eigenvalue weighted by Crippen LogP contribution is 2.26. The summed E-state index contributed by atoms with van der Waals surface area (Å²) in [5.74, 6) is 0.270. The maximum Gasteiger partial charge on any atom is 0.238 e. The van der Waals surface area contributed by atoms with Gasteiger partial charge in [0.25, 0.3) is 0 Å². The van der Waals surface area contributed by atoms with E-state index in [0.29, 0.717) is 11.4 Å². The van der Waals surface area contributed by atoms with Crippen LogP contribution in [-0.2, 0) is 19.9 Å². The number of methoxy groups -OCH3 is 1. The summed E-state index contributed by atoms with van der Waals surface area (Å²) in [5.41, 5.74) is 0.482. The van der Waals surface area contributed by atoms with E-state index in [1.165, 1.54) is 14.2 Å². The van der Waals surface area contributed by atoms with Crippen LogP contribution in [0, 0.1) is 0 Å². The molecule has 1 heterocycles. The molecule has 1 atom stereocenters. The smallest absolute Gasteiger partial charge is 0.238 e. The third kappa shape index (κ3) is 2.90. The average Bonchev–Trinajstić information content (AvgIpc) is 2.79. The van der Waals surface area contributed by atoms with E-state index in [4.69, 9.17) is 4.74 Å². The fourth-order valence-corrected chi connectivity index (χ4v) is 6.44. The molecule has 1 saturated heterocycles. The Bertz CT molecular complexity index is 679. The number of rotatable bonds is 4. The SMILES string of the molecule is COc1ccc(N(C)S(=O)(=O)[C@@H]2CCS(=O)(=O)C2)cc1. The van der Waals surface area contributed by atoms with E-state index in [1.54, 1.807) is 24.3 Å². The molecule has 2 rings (SSSR count). The second kappa shape index (κ2) is 5.25. The number of benzene rings is 1. The lowest BCUT2D eigenvalue weighted by molar-refractivity contribution is 0.415. The standard InChI is InChI=1S/C12H17NO5S2/c1-13(10-3-5-11(18-2)6-4-10)20(16,17)12-7-8-19(14,15)9-12/h3-6,12H,7-9H2,1-2H3/t12-/m1/s1. The fourth-order valence-electron chi connectivity index (χ4n) is 2.16. The van der Waals surface area contributed by atoms with E-state index in [0.717, 1.165) is 4.31 Å². The molecular formula is C12H17NO5S2. The molecule has 0 saturated carbocycles. The van der Waals surface area contributed by atoms with E-state index in [9.17, 15) is 16.8 Å². The van der Waals surface area contributed by atoms with Crippen molar-refractivity contribution in [3.63, 3.8) is 0 Å². The Morgan fingerprint density at radius 1 is 1.25 bits per heavy atom. The van der Waals surface area contributed by atoms with E-state index in [2.05, 4.69) is 0 Å². The molecule has 20 heavy (non-hydrogen) atoms. The maximum absolute atomic E-state index is 12.4. The summed E-state index contributed by atoms with van der Waals surface area (Å²) in [6.45, 7) is 0. The second-order valence-corrected chi connectivity index (χ2v) is 9.21. The number of sulfonamides is 1. The van der Waals surface area contributed by atoms with Crippen molar-refractivity contribution >= 4 is 25.5 Å². The van der Waals surface area contributed by atoms with Gasteiger partial charge in [-0.05, 0) is 30.7 Å². The van der Waals surface area contributed by atoms with Gasteiger partial charge in [-0.3, -0.25) is 4.31 Å². The summed E-state index contributed by atoms with van der Waals surface area (Å²) in [6, 6.07) is 6.57. The van der Waals surface area contributed by atoms with Crippen LogP contribution in [0.15, 0.2) is 24.3 Å². The molecule has 6 nitrogen and oxygen atoms in total. The number of hydrogen-bond acceptors (Lipinski definition) is 5. The molecule has 112 valence electrons. The number of hydrogen-bond donors (Lipinski definition) is 0. The molecule has 0 unspecified atom stereocenters. The second-order valence-electron chi connectivity index (χ2n) is 4.74. The molecule has 0 aromatic heterocycles. The molecule has 1 aliphatic heterocycles. The first-order valence-corrected chi connectivity index (χ1v) is 9.41. The van der Waals surface area contributed by atoms with E-state index in [1.807, 2.05) is 0 Å². The topological polar surface area (TPSA) is 80.8 Å². The van der Waals surface area contributed by atoms with E-state index in [-0.39, 0.29) is 17.9 Å². The molecule has 1 fully saturated rings. The number of ether oxygens (including phenoxy) is 1. The Morgan fingerprint density at radius 2 is 1.85 bits per heavy atom. The Morgan fingerprint density at radius 3 is 2.30 bits per heavy atom. The summed E-state index contributed by atoms with van der Waals surface area (Å²) < 4.78 is 53.8. The van der Waals surface area contributed by atoms with Gasteiger partial charge in [0.1, 0.15) is 5.75 Å². The normalized spacial score (nSPS) is 21.6. The summed E-state index contributed by atoms with van der Waals surface area (Å²) in [4.78, 5) is 0. The van der Waals surface area contributed by atoms with Crippen molar-refractivity contribution in [2.75, 3.05) is 30.0 Å². The van der Waals surface area contributed by atoms with Crippen molar-refractivity contribution in [3.05, 3.63) is 24.3 Å². The van der Waals surface area contributed by atoms with Crippen molar-refractivity contribution in [2.24, 2.45) is 0 Å².